The maximum Gasteiger partial charge on any atom is 0.338 e. The van der Waals surface area contributed by atoms with Gasteiger partial charge in [-0.15, -0.1) is 0 Å². The Bertz CT molecular complexity index is 998. The molecule has 1 atom stereocenters. The first-order valence-electron chi connectivity index (χ1n) is 9.29. The quantitative estimate of drug-likeness (QED) is 0.819. The van der Waals surface area contributed by atoms with Crippen LogP contribution >= 0.6 is 0 Å². The Kier molecular flexibility index (Phi) is 4.44. The maximum atomic E-state index is 12.9. The third-order valence-corrected chi connectivity index (χ3v) is 5.24. The fourth-order valence-electron chi connectivity index (χ4n) is 4.11. The number of ether oxygens (including phenoxy) is 1. The van der Waals surface area contributed by atoms with Gasteiger partial charge in [-0.05, 0) is 36.1 Å². The van der Waals surface area contributed by atoms with Crippen LogP contribution in [-0.4, -0.2) is 18.4 Å². The molecule has 0 saturated carbocycles. The number of allylic oxidation sites excluding steroid dienone is 2. The lowest BCUT2D eigenvalue weighted by atomic mass is 9.75. The van der Waals surface area contributed by atoms with Gasteiger partial charge in [0.05, 0.1) is 18.1 Å². The Labute approximate surface area is 157 Å². The number of carbonyl (C=O) groups excluding carboxylic acids is 2. The van der Waals surface area contributed by atoms with Gasteiger partial charge in [-0.25, -0.2) is 4.79 Å². The van der Waals surface area contributed by atoms with E-state index in [1.165, 1.54) is 0 Å². The number of Topliss-reactive ketones (excluding diaryl/α,β-unsaturated/α-hetero) is 1. The lowest BCUT2D eigenvalue weighted by Gasteiger charge is -2.34. The zero-order valence-corrected chi connectivity index (χ0v) is 15.2. The summed E-state index contributed by atoms with van der Waals surface area (Å²) >= 11 is 0. The summed E-state index contributed by atoms with van der Waals surface area (Å²) in [4.78, 5) is 25.6. The van der Waals surface area contributed by atoms with E-state index in [0.717, 1.165) is 34.9 Å². The zero-order chi connectivity index (χ0) is 19.0. The summed E-state index contributed by atoms with van der Waals surface area (Å²) in [5.74, 6) is -0.652. The van der Waals surface area contributed by atoms with Crippen LogP contribution in [0.4, 0.5) is 0 Å². The summed E-state index contributed by atoms with van der Waals surface area (Å²) in [6.45, 7) is 2.01. The van der Waals surface area contributed by atoms with Gasteiger partial charge in [0.2, 0.25) is 0 Å². The number of benzene rings is 2. The van der Waals surface area contributed by atoms with E-state index in [9.17, 15) is 9.59 Å². The van der Waals surface area contributed by atoms with Crippen LogP contribution in [0, 0.1) is 0 Å². The van der Waals surface area contributed by atoms with Crippen molar-refractivity contribution >= 4 is 22.5 Å². The number of dihydropyridines is 1. The Morgan fingerprint density at radius 3 is 2.78 bits per heavy atom. The Morgan fingerprint density at radius 1 is 1.19 bits per heavy atom. The predicted molar refractivity (Wildman–Crippen MR) is 104 cm³/mol. The van der Waals surface area contributed by atoms with Crippen LogP contribution in [0.25, 0.3) is 10.8 Å². The van der Waals surface area contributed by atoms with Gasteiger partial charge < -0.3 is 15.8 Å². The average molecular weight is 362 g/mol. The molecule has 0 radical (unpaired) electrons. The average Bonchev–Trinajstić information content (AvgIpc) is 2.67. The van der Waals surface area contributed by atoms with Gasteiger partial charge in [-0.3, -0.25) is 4.79 Å². The highest BCUT2D eigenvalue weighted by molar-refractivity contribution is 6.05. The molecule has 2 aromatic rings. The second-order valence-electron chi connectivity index (χ2n) is 6.84. The molecular weight excluding hydrogens is 340 g/mol. The van der Waals surface area contributed by atoms with Crippen molar-refractivity contribution in [2.24, 2.45) is 5.73 Å². The molecule has 5 nitrogen and oxygen atoms in total. The molecule has 138 valence electrons. The fourth-order valence-corrected chi connectivity index (χ4v) is 4.11. The molecule has 5 heteroatoms. The SMILES string of the molecule is CCOC(=O)C1=C(N)NC2=C(C(=O)CCC2)C1c1cccc2ccccc12. The lowest BCUT2D eigenvalue weighted by molar-refractivity contribution is -0.138. The monoisotopic (exact) mass is 362 g/mol. The minimum Gasteiger partial charge on any atom is -0.463 e. The van der Waals surface area contributed by atoms with Gasteiger partial charge in [-0.1, -0.05) is 42.5 Å². The molecule has 1 aliphatic heterocycles. The molecule has 3 N–H and O–H groups in total. The fraction of sp³-hybridized carbons (Fsp3) is 0.273. The lowest BCUT2D eigenvalue weighted by Crippen LogP contribution is -2.38. The van der Waals surface area contributed by atoms with Crippen LogP contribution in [0.3, 0.4) is 0 Å². The van der Waals surface area contributed by atoms with E-state index in [2.05, 4.69) is 5.32 Å². The van der Waals surface area contributed by atoms with Crippen molar-refractivity contribution in [3.05, 3.63) is 70.7 Å². The number of rotatable bonds is 3. The van der Waals surface area contributed by atoms with Gasteiger partial charge in [0, 0.05) is 17.7 Å². The summed E-state index contributed by atoms with van der Waals surface area (Å²) in [6, 6.07) is 13.9. The van der Waals surface area contributed by atoms with E-state index >= 15 is 0 Å². The number of ketones is 1. The van der Waals surface area contributed by atoms with E-state index in [1.54, 1.807) is 6.92 Å². The van der Waals surface area contributed by atoms with Crippen molar-refractivity contribution in [1.82, 2.24) is 5.32 Å². The summed E-state index contributed by atoms with van der Waals surface area (Å²) in [5.41, 5.74) is 8.96. The topological polar surface area (TPSA) is 81.4 Å². The van der Waals surface area contributed by atoms with Crippen molar-refractivity contribution in [2.45, 2.75) is 32.1 Å². The van der Waals surface area contributed by atoms with Crippen LogP contribution < -0.4 is 11.1 Å². The van der Waals surface area contributed by atoms with Crippen LogP contribution in [0.1, 0.15) is 37.7 Å². The van der Waals surface area contributed by atoms with Crippen molar-refractivity contribution in [3.63, 3.8) is 0 Å². The smallest absolute Gasteiger partial charge is 0.338 e. The molecule has 1 aliphatic carbocycles. The van der Waals surface area contributed by atoms with Gasteiger partial charge in [0.15, 0.2) is 5.78 Å². The van der Waals surface area contributed by atoms with Gasteiger partial charge in [0.25, 0.3) is 0 Å². The van der Waals surface area contributed by atoms with E-state index in [-0.39, 0.29) is 18.2 Å². The van der Waals surface area contributed by atoms with E-state index in [0.29, 0.717) is 17.6 Å². The molecule has 0 fully saturated rings. The second-order valence-corrected chi connectivity index (χ2v) is 6.84. The summed E-state index contributed by atoms with van der Waals surface area (Å²) in [5, 5.41) is 5.16. The van der Waals surface area contributed by atoms with Crippen LogP contribution in [0.15, 0.2) is 65.1 Å². The molecule has 0 amide bonds. The predicted octanol–water partition coefficient (Wildman–Crippen LogP) is 3.27. The summed E-state index contributed by atoms with van der Waals surface area (Å²) < 4.78 is 5.28. The number of carbonyl (C=O) groups is 2. The van der Waals surface area contributed by atoms with Gasteiger partial charge in [-0.2, -0.15) is 0 Å². The minimum atomic E-state index is -0.515. The molecule has 0 saturated heterocycles. The van der Waals surface area contributed by atoms with Crippen molar-refractivity contribution in [1.29, 1.82) is 0 Å². The molecular formula is C22H22N2O3. The first-order valence-corrected chi connectivity index (χ1v) is 9.29. The first-order chi connectivity index (χ1) is 13.1. The normalized spacial score (nSPS) is 19.7. The zero-order valence-electron chi connectivity index (χ0n) is 15.2. The maximum absolute atomic E-state index is 12.9. The highest BCUT2D eigenvalue weighted by Crippen LogP contribution is 2.43. The standard InChI is InChI=1S/C22H22N2O3/c1-2-27-22(26)20-18(15-10-5-8-13-7-3-4-9-14(13)15)19-16(24-21(20)23)11-6-12-17(19)25/h3-5,7-10,18,24H,2,6,11-12,23H2,1H3. The van der Waals surface area contributed by atoms with E-state index in [1.807, 2.05) is 42.5 Å². The first kappa shape index (κ1) is 17.3. The van der Waals surface area contributed by atoms with Crippen LogP contribution in [0.2, 0.25) is 0 Å². The Balaban J connectivity index is 1.98. The molecule has 1 unspecified atom stereocenters. The van der Waals surface area contributed by atoms with E-state index < -0.39 is 11.9 Å². The number of nitrogens with two attached hydrogens (primary N) is 1. The molecule has 4 rings (SSSR count). The second kappa shape index (κ2) is 6.91. The number of hydrogen-bond donors (Lipinski definition) is 2. The number of fused-ring (bicyclic) bond motifs is 1. The Hall–Kier alpha value is -3.08. The highest BCUT2D eigenvalue weighted by atomic mass is 16.5. The molecule has 0 spiro atoms. The molecule has 1 heterocycles. The highest BCUT2D eigenvalue weighted by Gasteiger charge is 2.40. The molecule has 2 aliphatic rings. The number of nitrogens with one attached hydrogen (secondary N) is 1. The van der Waals surface area contributed by atoms with Crippen LogP contribution in [-0.2, 0) is 14.3 Å². The molecule has 2 aromatic carbocycles. The minimum absolute atomic E-state index is 0.0657. The van der Waals surface area contributed by atoms with Crippen molar-refractivity contribution in [3.8, 4) is 0 Å². The number of hydrogen-bond acceptors (Lipinski definition) is 5. The largest absolute Gasteiger partial charge is 0.463 e. The van der Waals surface area contributed by atoms with Gasteiger partial charge >= 0.3 is 5.97 Å². The van der Waals surface area contributed by atoms with Crippen molar-refractivity contribution in [2.75, 3.05) is 6.61 Å². The molecule has 0 bridgehead atoms. The Morgan fingerprint density at radius 2 is 1.96 bits per heavy atom. The van der Waals surface area contributed by atoms with E-state index in [4.69, 9.17) is 10.5 Å². The number of esters is 1. The van der Waals surface area contributed by atoms with Gasteiger partial charge in [0.1, 0.15) is 5.82 Å². The molecule has 27 heavy (non-hydrogen) atoms. The summed E-state index contributed by atoms with van der Waals surface area (Å²) in [6.07, 6.45) is 2.02. The van der Waals surface area contributed by atoms with Crippen LogP contribution in [0.5, 0.6) is 0 Å². The third-order valence-electron chi connectivity index (χ3n) is 5.24. The van der Waals surface area contributed by atoms with Crippen molar-refractivity contribution < 1.29 is 14.3 Å². The molecule has 0 aromatic heterocycles. The summed E-state index contributed by atoms with van der Waals surface area (Å²) in [7, 11) is 0. The third kappa shape index (κ3) is 2.89.